The first-order chi connectivity index (χ1) is 12.1. The normalized spacial score (nSPS) is 11.4. The maximum atomic E-state index is 13.4. The van der Waals surface area contributed by atoms with Gasteiger partial charge in [0, 0.05) is 23.9 Å². The van der Waals surface area contributed by atoms with Crippen molar-refractivity contribution in [1.29, 1.82) is 0 Å². The third-order valence-corrected chi connectivity index (χ3v) is 4.89. The number of alkyl halides is 1. The summed E-state index contributed by atoms with van der Waals surface area (Å²) in [5.74, 6) is -5.43. The number of anilines is 1. The van der Waals surface area contributed by atoms with Gasteiger partial charge in [0.05, 0.1) is 5.75 Å². The zero-order chi connectivity index (χ0) is 19.5. The number of nitrogens with one attached hydrogen (secondary N) is 1. The highest BCUT2D eigenvalue weighted by Gasteiger charge is 2.27. The molecule has 0 bridgehead atoms. The first kappa shape index (κ1) is 20.2. The molecule has 1 aromatic carbocycles. The van der Waals surface area contributed by atoms with Crippen LogP contribution in [0.1, 0.15) is 13.3 Å². The molecule has 0 aliphatic rings. The quantitative estimate of drug-likeness (QED) is 0.491. The molecule has 142 valence electrons. The zero-order valence-corrected chi connectivity index (χ0v) is 15.8. The molecule has 0 saturated heterocycles. The molecular formula is C15H14BrF2NO6S. The lowest BCUT2D eigenvalue weighted by Crippen LogP contribution is -2.17. The SMILES string of the molecule is CC(=O)Oc1c(NS(=O)(=O)CCCBr)oc(-c2cc(F)cc(F)c2)c1O. The molecule has 26 heavy (non-hydrogen) atoms. The fourth-order valence-electron chi connectivity index (χ4n) is 2.03. The lowest BCUT2D eigenvalue weighted by molar-refractivity contribution is -0.131. The van der Waals surface area contributed by atoms with Gasteiger partial charge in [-0.15, -0.1) is 0 Å². The van der Waals surface area contributed by atoms with E-state index in [-0.39, 0.29) is 17.7 Å². The Labute approximate surface area is 156 Å². The number of carbonyl (C=O) groups excluding carboxylic acids is 1. The summed E-state index contributed by atoms with van der Waals surface area (Å²) in [6.07, 6.45) is 0.285. The van der Waals surface area contributed by atoms with Crippen molar-refractivity contribution in [2.24, 2.45) is 0 Å². The fourth-order valence-corrected chi connectivity index (χ4v) is 3.73. The Balaban J connectivity index is 2.52. The molecule has 0 aliphatic heterocycles. The van der Waals surface area contributed by atoms with Gasteiger partial charge in [0.25, 0.3) is 5.88 Å². The van der Waals surface area contributed by atoms with Crippen molar-refractivity contribution in [3.05, 3.63) is 29.8 Å². The maximum Gasteiger partial charge on any atom is 0.308 e. The summed E-state index contributed by atoms with van der Waals surface area (Å²) < 4.78 is 62.9. The minimum Gasteiger partial charge on any atom is -0.502 e. The molecule has 1 aromatic heterocycles. The van der Waals surface area contributed by atoms with Crippen molar-refractivity contribution in [3.8, 4) is 22.8 Å². The summed E-state index contributed by atoms with van der Waals surface area (Å²) >= 11 is 3.10. The number of benzene rings is 1. The average Bonchev–Trinajstić information content (AvgIpc) is 2.80. The van der Waals surface area contributed by atoms with Gasteiger partial charge in [-0.1, -0.05) is 15.9 Å². The lowest BCUT2D eigenvalue weighted by Gasteiger charge is -2.06. The van der Waals surface area contributed by atoms with E-state index in [1.54, 1.807) is 0 Å². The van der Waals surface area contributed by atoms with E-state index < -0.39 is 50.8 Å². The van der Waals surface area contributed by atoms with Gasteiger partial charge in [0.1, 0.15) is 11.6 Å². The van der Waals surface area contributed by atoms with Crippen molar-refractivity contribution in [3.63, 3.8) is 0 Å². The third-order valence-electron chi connectivity index (χ3n) is 3.01. The Kier molecular flexibility index (Phi) is 6.24. The smallest absolute Gasteiger partial charge is 0.308 e. The van der Waals surface area contributed by atoms with Crippen molar-refractivity contribution < 1.29 is 36.3 Å². The van der Waals surface area contributed by atoms with Gasteiger partial charge < -0.3 is 14.3 Å². The topological polar surface area (TPSA) is 106 Å². The first-order valence-corrected chi connectivity index (χ1v) is 9.97. The Hall–Kier alpha value is -2.14. The van der Waals surface area contributed by atoms with Crippen LogP contribution in [0.3, 0.4) is 0 Å². The van der Waals surface area contributed by atoms with Crippen LogP contribution in [0, 0.1) is 11.6 Å². The summed E-state index contributed by atoms with van der Waals surface area (Å²) in [6, 6.07) is 2.34. The van der Waals surface area contributed by atoms with Crippen LogP contribution in [0.15, 0.2) is 22.6 Å². The number of halogens is 3. The molecule has 0 amide bonds. The number of rotatable bonds is 7. The molecule has 2 aromatic rings. The second-order valence-corrected chi connectivity index (χ2v) is 7.79. The van der Waals surface area contributed by atoms with Crippen molar-refractivity contribution in [1.82, 2.24) is 0 Å². The molecule has 0 unspecified atom stereocenters. The Bertz CT molecular complexity index is 908. The maximum absolute atomic E-state index is 13.4. The molecule has 2 rings (SSSR count). The standard InChI is InChI=1S/C15H14BrF2NO6S/c1-8(20)24-14-12(21)13(9-5-10(17)7-11(18)6-9)25-15(14)19-26(22,23)4-2-3-16/h5-7,19,21H,2-4H2,1H3. The molecule has 7 nitrogen and oxygen atoms in total. The predicted octanol–water partition coefficient (Wildman–Crippen LogP) is 3.38. The monoisotopic (exact) mass is 453 g/mol. The van der Waals surface area contributed by atoms with E-state index in [1.165, 1.54) is 0 Å². The lowest BCUT2D eigenvalue weighted by atomic mass is 10.1. The number of carbonyl (C=O) groups is 1. The van der Waals surface area contributed by atoms with Crippen molar-refractivity contribution >= 4 is 37.8 Å². The fraction of sp³-hybridized carbons (Fsp3) is 0.267. The minimum absolute atomic E-state index is 0.209. The van der Waals surface area contributed by atoms with Crippen molar-refractivity contribution in [2.45, 2.75) is 13.3 Å². The summed E-state index contributed by atoms with van der Waals surface area (Å²) in [5, 5.41) is 10.6. The Morgan fingerprint density at radius 1 is 1.31 bits per heavy atom. The number of sulfonamides is 1. The van der Waals surface area contributed by atoms with Crippen LogP contribution in [0.2, 0.25) is 0 Å². The third kappa shape index (κ3) is 4.94. The van der Waals surface area contributed by atoms with Crippen LogP contribution in [0.25, 0.3) is 11.3 Å². The van der Waals surface area contributed by atoms with Gasteiger partial charge in [0.2, 0.25) is 21.5 Å². The van der Waals surface area contributed by atoms with Gasteiger partial charge in [-0.3, -0.25) is 4.79 Å². The highest BCUT2D eigenvalue weighted by molar-refractivity contribution is 9.09. The summed E-state index contributed by atoms with van der Waals surface area (Å²) in [4.78, 5) is 11.2. The van der Waals surface area contributed by atoms with Crippen LogP contribution in [0.5, 0.6) is 11.5 Å². The highest BCUT2D eigenvalue weighted by Crippen LogP contribution is 2.46. The molecule has 11 heteroatoms. The summed E-state index contributed by atoms with van der Waals surface area (Å²) in [6.45, 7) is 1.02. The summed E-state index contributed by atoms with van der Waals surface area (Å²) in [7, 11) is -3.88. The number of ether oxygens (including phenoxy) is 1. The van der Waals surface area contributed by atoms with Crippen LogP contribution in [-0.4, -0.2) is 30.6 Å². The molecule has 0 spiro atoms. The molecule has 2 N–H and O–H groups in total. The van der Waals surface area contributed by atoms with E-state index in [2.05, 4.69) is 15.9 Å². The molecule has 0 atom stereocenters. The zero-order valence-electron chi connectivity index (χ0n) is 13.4. The van der Waals surface area contributed by atoms with Crippen LogP contribution in [-0.2, 0) is 14.8 Å². The number of esters is 1. The van der Waals surface area contributed by atoms with Crippen molar-refractivity contribution in [2.75, 3.05) is 15.8 Å². The predicted molar refractivity (Wildman–Crippen MR) is 92.9 cm³/mol. The first-order valence-electron chi connectivity index (χ1n) is 7.20. The number of furan rings is 1. The number of aromatic hydroxyl groups is 1. The molecule has 0 aliphatic carbocycles. The second kappa shape index (κ2) is 8.04. The van der Waals surface area contributed by atoms with Crippen LogP contribution in [0.4, 0.5) is 14.7 Å². The molecular weight excluding hydrogens is 440 g/mol. The Morgan fingerprint density at radius 2 is 1.92 bits per heavy atom. The van der Waals surface area contributed by atoms with Gasteiger partial charge in [-0.05, 0) is 18.6 Å². The van der Waals surface area contributed by atoms with E-state index in [0.29, 0.717) is 11.4 Å². The van der Waals surface area contributed by atoms with Gasteiger partial charge in [-0.25, -0.2) is 21.9 Å². The van der Waals surface area contributed by atoms with Crippen LogP contribution < -0.4 is 9.46 Å². The molecule has 0 radical (unpaired) electrons. The molecule has 1 heterocycles. The van der Waals surface area contributed by atoms with E-state index in [0.717, 1.165) is 19.1 Å². The van der Waals surface area contributed by atoms with Gasteiger partial charge in [0.15, 0.2) is 5.76 Å². The van der Waals surface area contributed by atoms with Crippen LogP contribution >= 0.6 is 15.9 Å². The molecule has 0 saturated carbocycles. The van der Waals surface area contributed by atoms with E-state index in [1.807, 2.05) is 4.72 Å². The average molecular weight is 454 g/mol. The Morgan fingerprint density at radius 3 is 2.46 bits per heavy atom. The summed E-state index contributed by atoms with van der Waals surface area (Å²) in [5.41, 5.74) is -0.209. The highest BCUT2D eigenvalue weighted by atomic mass is 79.9. The number of hydrogen-bond donors (Lipinski definition) is 2. The van der Waals surface area contributed by atoms with E-state index in [9.17, 15) is 27.1 Å². The van der Waals surface area contributed by atoms with Gasteiger partial charge in [-0.2, -0.15) is 0 Å². The van der Waals surface area contributed by atoms with Gasteiger partial charge >= 0.3 is 5.97 Å². The second-order valence-electron chi connectivity index (χ2n) is 5.15. The largest absolute Gasteiger partial charge is 0.502 e. The molecule has 0 fully saturated rings. The number of hydrogen-bond acceptors (Lipinski definition) is 6. The van der Waals surface area contributed by atoms with E-state index in [4.69, 9.17) is 9.15 Å². The van der Waals surface area contributed by atoms with E-state index >= 15 is 0 Å². The minimum atomic E-state index is -3.88.